The van der Waals surface area contributed by atoms with Gasteiger partial charge < -0.3 is 14.5 Å². The number of amides is 2. The normalized spacial score (nSPS) is 19.2. The zero-order chi connectivity index (χ0) is 16.3. The molecule has 0 radical (unpaired) electrons. The minimum atomic E-state index is -0.494. The molecular weight excluding hydrogens is 300 g/mol. The topological polar surface area (TPSA) is 49.9 Å². The van der Waals surface area contributed by atoms with Crippen molar-refractivity contribution in [3.63, 3.8) is 0 Å². The molecule has 22 heavy (non-hydrogen) atoms. The third-order valence-corrected chi connectivity index (χ3v) is 4.27. The van der Waals surface area contributed by atoms with Gasteiger partial charge in [0.2, 0.25) is 5.91 Å². The lowest BCUT2D eigenvalue weighted by Gasteiger charge is -2.40. The van der Waals surface area contributed by atoms with E-state index < -0.39 is 5.60 Å². The van der Waals surface area contributed by atoms with Gasteiger partial charge in [-0.05, 0) is 50.1 Å². The number of hydrogen-bond acceptors (Lipinski definition) is 4. The molecule has 1 aliphatic heterocycles. The summed E-state index contributed by atoms with van der Waals surface area (Å²) in [5, 5.41) is 3.98. The molecule has 0 aromatic carbocycles. The summed E-state index contributed by atoms with van der Waals surface area (Å²) in [4.78, 5) is 28.0. The maximum absolute atomic E-state index is 12.4. The fourth-order valence-corrected chi connectivity index (χ4v) is 3.16. The van der Waals surface area contributed by atoms with E-state index in [2.05, 4.69) is 0 Å². The van der Waals surface area contributed by atoms with Crippen LogP contribution in [-0.2, 0) is 16.0 Å². The summed E-state index contributed by atoms with van der Waals surface area (Å²) in [5.74, 6) is 0.120. The Bertz CT molecular complexity index is 522. The average Bonchev–Trinajstić information content (AvgIpc) is 2.89. The molecule has 1 aromatic heterocycles. The van der Waals surface area contributed by atoms with Gasteiger partial charge in [0.1, 0.15) is 5.60 Å². The molecule has 2 rings (SSSR count). The van der Waals surface area contributed by atoms with Crippen molar-refractivity contribution >= 4 is 23.3 Å². The second-order valence-electron chi connectivity index (χ2n) is 6.67. The van der Waals surface area contributed by atoms with Crippen LogP contribution >= 0.6 is 11.3 Å². The first kappa shape index (κ1) is 16.8. The van der Waals surface area contributed by atoms with E-state index in [9.17, 15) is 9.59 Å². The predicted molar refractivity (Wildman–Crippen MR) is 87.0 cm³/mol. The van der Waals surface area contributed by atoms with Gasteiger partial charge in [0.15, 0.2) is 0 Å². The highest BCUT2D eigenvalue weighted by Gasteiger charge is 2.31. The van der Waals surface area contributed by atoms with Gasteiger partial charge in [-0.2, -0.15) is 11.3 Å². The number of piperazine rings is 1. The van der Waals surface area contributed by atoms with Crippen LogP contribution in [0, 0.1) is 0 Å². The largest absolute Gasteiger partial charge is 0.444 e. The standard InChI is InChI=1S/C16H24N2O3S/c1-12-10-17(15(20)21-16(2,3)4)6-7-18(12)14(19)9-13-5-8-22-11-13/h5,8,11-12H,6-7,9-10H2,1-4H3/t12-/m1/s1. The van der Waals surface area contributed by atoms with Crippen molar-refractivity contribution in [2.45, 2.75) is 45.8 Å². The first-order valence-corrected chi connectivity index (χ1v) is 8.49. The molecule has 1 aromatic rings. The zero-order valence-corrected chi connectivity index (χ0v) is 14.5. The summed E-state index contributed by atoms with van der Waals surface area (Å²) in [6, 6.07) is 1.98. The molecule has 1 saturated heterocycles. The lowest BCUT2D eigenvalue weighted by Crippen LogP contribution is -2.56. The van der Waals surface area contributed by atoms with E-state index in [-0.39, 0.29) is 18.0 Å². The highest BCUT2D eigenvalue weighted by atomic mass is 32.1. The molecule has 0 bridgehead atoms. The highest BCUT2D eigenvalue weighted by molar-refractivity contribution is 7.07. The Balaban J connectivity index is 1.89. The third-order valence-electron chi connectivity index (χ3n) is 3.53. The van der Waals surface area contributed by atoms with Crippen LogP contribution in [0.15, 0.2) is 16.8 Å². The van der Waals surface area contributed by atoms with Crippen molar-refractivity contribution in [3.8, 4) is 0 Å². The van der Waals surface area contributed by atoms with Gasteiger partial charge in [0, 0.05) is 25.7 Å². The first-order chi connectivity index (χ1) is 10.3. The molecule has 0 unspecified atom stereocenters. The van der Waals surface area contributed by atoms with Crippen molar-refractivity contribution in [2.24, 2.45) is 0 Å². The Morgan fingerprint density at radius 1 is 1.36 bits per heavy atom. The van der Waals surface area contributed by atoms with Crippen LogP contribution < -0.4 is 0 Å². The first-order valence-electron chi connectivity index (χ1n) is 7.55. The Morgan fingerprint density at radius 2 is 2.09 bits per heavy atom. The fourth-order valence-electron chi connectivity index (χ4n) is 2.49. The van der Waals surface area contributed by atoms with Crippen LogP contribution in [0.3, 0.4) is 0 Å². The van der Waals surface area contributed by atoms with Crippen molar-refractivity contribution in [1.29, 1.82) is 0 Å². The number of carbonyl (C=O) groups is 2. The quantitative estimate of drug-likeness (QED) is 0.840. The summed E-state index contributed by atoms with van der Waals surface area (Å²) in [5.41, 5.74) is 0.559. The highest BCUT2D eigenvalue weighted by Crippen LogP contribution is 2.16. The van der Waals surface area contributed by atoms with Crippen LogP contribution in [-0.4, -0.2) is 53.1 Å². The summed E-state index contributed by atoms with van der Waals surface area (Å²) in [6.45, 7) is 9.14. The molecule has 0 saturated carbocycles. The molecule has 1 atom stereocenters. The van der Waals surface area contributed by atoms with Gasteiger partial charge in [0.05, 0.1) is 6.42 Å². The van der Waals surface area contributed by atoms with E-state index in [1.54, 1.807) is 16.2 Å². The van der Waals surface area contributed by atoms with Crippen molar-refractivity contribution in [1.82, 2.24) is 9.80 Å². The summed E-state index contributed by atoms with van der Waals surface area (Å²) < 4.78 is 5.39. The number of nitrogens with zero attached hydrogens (tertiary/aromatic N) is 2. The molecule has 6 heteroatoms. The molecule has 1 fully saturated rings. The summed E-state index contributed by atoms with van der Waals surface area (Å²) in [7, 11) is 0. The van der Waals surface area contributed by atoms with Gasteiger partial charge >= 0.3 is 6.09 Å². The molecule has 2 amide bonds. The van der Waals surface area contributed by atoms with E-state index in [0.29, 0.717) is 26.1 Å². The lowest BCUT2D eigenvalue weighted by atomic mass is 10.1. The number of ether oxygens (including phenoxy) is 1. The smallest absolute Gasteiger partial charge is 0.410 e. The Labute approximate surface area is 135 Å². The molecule has 2 heterocycles. The second-order valence-corrected chi connectivity index (χ2v) is 7.45. The predicted octanol–water partition coefficient (Wildman–Crippen LogP) is 2.76. The molecule has 0 aliphatic carbocycles. The summed E-state index contributed by atoms with van der Waals surface area (Å²) >= 11 is 1.60. The monoisotopic (exact) mass is 324 g/mol. The van der Waals surface area contributed by atoms with E-state index in [4.69, 9.17) is 4.74 Å². The summed E-state index contributed by atoms with van der Waals surface area (Å²) in [6.07, 6.45) is 0.129. The van der Waals surface area contributed by atoms with Crippen LogP contribution in [0.25, 0.3) is 0 Å². The van der Waals surface area contributed by atoms with Gasteiger partial charge in [-0.3, -0.25) is 4.79 Å². The molecule has 122 valence electrons. The van der Waals surface area contributed by atoms with Crippen LogP contribution in [0.1, 0.15) is 33.3 Å². The van der Waals surface area contributed by atoms with Crippen molar-refractivity contribution < 1.29 is 14.3 Å². The Morgan fingerprint density at radius 3 is 2.64 bits per heavy atom. The van der Waals surface area contributed by atoms with Crippen molar-refractivity contribution in [3.05, 3.63) is 22.4 Å². The molecule has 5 nitrogen and oxygen atoms in total. The maximum atomic E-state index is 12.4. The zero-order valence-electron chi connectivity index (χ0n) is 13.7. The van der Waals surface area contributed by atoms with E-state index in [1.807, 2.05) is 49.4 Å². The number of carbonyl (C=O) groups excluding carboxylic acids is 2. The molecule has 1 aliphatic rings. The lowest BCUT2D eigenvalue weighted by molar-refractivity contribution is -0.134. The number of hydrogen-bond donors (Lipinski definition) is 0. The minimum Gasteiger partial charge on any atom is -0.444 e. The Kier molecular flexibility index (Phi) is 5.11. The Hall–Kier alpha value is -1.56. The minimum absolute atomic E-state index is 0.00686. The van der Waals surface area contributed by atoms with Crippen LogP contribution in [0.4, 0.5) is 4.79 Å². The van der Waals surface area contributed by atoms with Gasteiger partial charge in [-0.1, -0.05) is 0 Å². The number of thiophene rings is 1. The SMILES string of the molecule is C[C@@H]1CN(C(=O)OC(C)(C)C)CCN1C(=O)Cc1ccsc1. The fraction of sp³-hybridized carbons (Fsp3) is 0.625. The van der Waals surface area contributed by atoms with Crippen LogP contribution in [0.5, 0.6) is 0 Å². The van der Waals surface area contributed by atoms with Crippen LogP contribution in [0.2, 0.25) is 0 Å². The number of rotatable bonds is 2. The third kappa shape index (κ3) is 4.47. The van der Waals surface area contributed by atoms with E-state index in [0.717, 1.165) is 5.56 Å². The van der Waals surface area contributed by atoms with E-state index >= 15 is 0 Å². The second kappa shape index (κ2) is 6.69. The molecule has 0 N–H and O–H groups in total. The average molecular weight is 324 g/mol. The molecular formula is C16H24N2O3S. The van der Waals surface area contributed by atoms with Gasteiger partial charge in [-0.15, -0.1) is 0 Å². The maximum Gasteiger partial charge on any atom is 0.410 e. The van der Waals surface area contributed by atoms with Gasteiger partial charge in [-0.25, -0.2) is 4.79 Å². The van der Waals surface area contributed by atoms with Gasteiger partial charge in [0.25, 0.3) is 0 Å². The van der Waals surface area contributed by atoms with E-state index in [1.165, 1.54) is 0 Å². The van der Waals surface area contributed by atoms with Crippen molar-refractivity contribution in [2.75, 3.05) is 19.6 Å². The molecule has 0 spiro atoms.